The molecule has 0 saturated heterocycles. The van der Waals surface area contributed by atoms with Crippen LogP contribution in [0.25, 0.3) is 0 Å². The highest BCUT2D eigenvalue weighted by Gasteiger charge is 2.15. The SMILES string of the molecule is O=C(CNC(=O)C(=O)Nc1cccc(Cl)c1)Nc1ccccc1. The first kappa shape index (κ1) is 16.5. The predicted octanol–water partition coefficient (Wildman–Crippen LogP) is 2.03. The van der Waals surface area contributed by atoms with Crippen molar-refractivity contribution in [2.24, 2.45) is 0 Å². The third-order valence-electron chi connectivity index (χ3n) is 2.76. The Labute approximate surface area is 137 Å². The number of para-hydroxylation sites is 1. The zero-order valence-electron chi connectivity index (χ0n) is 12.0. The second-order valence-corrected chi connectivity index (χ2v) is 5.00. The third-order valence-corrected chi connectivity index (χ3v) is 2.99. The number of rotatable bonds is 4. The van der Waals surface area contributed by atoms with E-state index in [1.54, 1.807) is 42.5 Å². The van der Waals surface area contributed by atoms with Crippen molar-refractivity contribution in [1.29, 1.82) is 0 Å². The second kappa shape index (κ2) is 7.95. The minimum absolute atomic E-state index is 0.309. The number of amides is 3. The van der Waals surface area contributed by atoms with Crippen molar-refractivity contribution in [2.45, 2.75) is 0 Å². The van der Waals surface area contributed by atoms with E-state index in [9.17, 15) is 14.4 Å². The first-order valence-electron chi connectivity index (χ1n) is 6.74. The van der Waals surface area contributed by atoms with Gasteiger partial charge in [-0.2, -0.15) is 0 Å². The molecule has 0 fully saturated rings. The van der Waals surface area contributed by atoms with Crippen molar-refractivity contribution < 1.29 is 14.4 Å². The highest BCUT2D eigenvalue weighted by Crippen LogP contribution is 2.14. The summed E-state index contributed by atoms with van der Waals surface area (Å²) < 4.78 is 0. The summed E-state index contributed by atoms with van der Waals surface area (Å²) in [6.07, 6.45) is 0. The Hall–Kier alpha value is -2.86. The Kier molecular flexibility index (Phi) is 5.71. The van der Waals surface area contributed by atoms with Crippen LogP contribution in [0.1, 0.15) is 0 Å². The molecule has 0 saturated carbocycles. The maximum absolute atomic E-state index is 11.7. The number of hydrogen-bond donors (Lipinski definition) is 3. The Bertz CT molecular complexity index is 720. The molecule has 118 valence electrons. The smallest absolute Gasteiger partial charge is 0.313 e. The lowest BCUT2D eigenvalue weighted by Crippen LogP contribution is -2.39. The molecule has 0 radical (unpaired) electrons. The Balaban J connectivity index is 1.80. The average molecular weight is 332 g/mol. The molecule has 2 aromatic rings. The summed E-state index contributed by atoms with van der Waals surface area (Å²) in [5.74, 6) is -2.21. The maximum Gasteiger partial charge on any atom is 0.313 e. The first-order valence-corrected chi connectivity index (χ1v) is 7.12. The minimum atomic E-state index is -0.909. The number of hydrogen-bond acceptors (Lipinski definition) is 3. The topological polar surface area (TPSA) is 87.3 Å². The summed E-state index contributed by atoms with van der Waals surface area (Å²) in [6.45, 7) is -0.309. The largest absolute Gasteiger partial charge is 0.339 e. The highest BCUT2D eigenvalue weighted by molar-refractivity contribution is 6.40. The van der Waals surface area contributed by atoms with Crippen LogP contribution in [0.5, 0.6) is 0 Å². The van der Waals surface area contributed by atoms with Gasteiger partial charge in [0, 0.05) is 16.4 Å². The molecule has 0 aliphatic heterocycles. The fraction of sp³-hybridized carbons (Fsp3) is 0.0625. The van der Waals surface area contributed by atoms with Gasteiger partial charge < -0.3 is 16.0 Å². The predicted molar refractivity (Wildman–Crippen MR) is 88.2 cm³/mol. The first-order chi connectivity index (χ1) is 11.0. The van der Waals surface area contributed by atoms with Crippen molar-refractivity contribution in [3.63, 3.8) is 0 Å². The van der Waals surface area contributed by atoms with Gasteiger partial charge in [-0.3, -0.25) is 14.4 Å². The number of carbonyl (C=O) groups excluding carboxylic acids is 3. The summed E-state index contributed by atoms with van der Waals surface area (Å²) in [4.78, 5) is 35.0. The van der Waals surface area contributed by atoms with Crippen LogP contribution in [0.2, 0.25) is 5.02 Å². The molecule has 7 heteroatoms. The molecular formula is C16H14ClN3O3. The Morgan fingerprint density at radius 2 is 1.52 bits per heavy atom. The number of nitrogens with one attached hydrogen (secondary N) is 3. The van der Waals surface area contributed by atoms with E-state index < -0.39 is 17.7 Å². The molecule has 0 heterocycles. The van der Waals surface area contributed by atoms with Crippen molar-refractivity contribution in [1.82, 2.24) is 5.32 Å². The van der Waals surface area contributed by atoms with Gasteiger partial charge in [0.05, 0.1) is 6.54 Å². The molecule has 0 bridgehead atoms. The lowest BCUT2D eigenvalue weighted by atomic mass is 10.3. The van der Waals surface area contributed by atoms with Crippen LogP contribution >= 0.6 is 11.6 Å². The van der Waals surface area contributed by atoms with Gasteiger partial charge in [-0.15, -0.1) is 0 Å². The molecule has 0 atom stereocenters. The molecular weight excluding hydrogens is 318 g/mol. The van der Waals surface area contributed by atoms with E-state index in [1.165, 1.54) is 6.07 Å². The molecule has 6 nitrogen and oxygen atoms in total. The Morgan fingerprint density at radius 3 is 2.22 bits per heavy atom. The summed E-state index contributed by atoms with van der Waals surface area (Å²) >= 11 is 5.78. The van der Waals surface area contributed by atoms with Gasteiger partial charge in [0.2, 0.25) is 5.91 Å². The molecule has 0 aliphatic carbocycles. The second-order valence-electron chi connectivity index (χ2n) is 4.56. The van der Waals surface area contributed by atoms with Gasteiger partial charge in [-0.05, 0) is 30.3 Å². The molecule has 0 spiro atoms. The van der Waals surface area contributed by atoms with Crippen LogP contribution in [0.4, 0.5) is 11.4 Å². The summed E-state index contributed by atoms with van der Waals surface area (Å²) in [6, 6.07) is 15.2. The van der Waals surface area contributed by atoms with Gasteiger partial charge in [0.1, 0.15) is 0 Å². The van der Waals surface area contributed by atoms with Gasteiger partial charge in [-0.25, -0.2) is 0 Å². The van der Waals surface area contributed by atoms with E-state index in [1.807, 2.05) is 6.07 Å². The highest BCUT2D eigenvalue weighted by atomic mass is 35.5. The summed E-state index contributed by atoms with van der Waals surface area (Å²) in [5, 5.41) is 7.66. The van der Waals surface area contributed by atoms with E-state index in [0.717, 1.165) is 0 Å². The van der Waals surface area contributed by atoms with Crippen LogP contribution in [0.3, 0.4) is 0 Å². The zero-order chi connectivity index (χ0) is 16.7. The normalized spacial score (nSPS) is 9.78. The number of benzene rings is 2. The molecule has 0 aromatic heterocycles. The summed E-state index contributed by atoms with van der Waals surface area (Å²) in [5.41, 5.74) is 1.00. The minimum Gasteiger partial charge on any atom is -0.339 e. The lowest BCUT2D eigenvalue weighted by molar-refractivity contribution is -0.136. The van der Waals surface area contributed by atoms with Crippen LogP contribution in [0.15, 0.2) is 54.6 Å². The monoisotopic (exact) mass is 331 g/mol. The molecule has 3 amide bonds. The molecule has 3 N–H and O–H groups in total. The number of anilines is 2. The van der Waals surface area contributed by atoms with Crippen molar-refractivity contribution in [3.8, 4) is 0 Å². The van der Waals surface area contributed by atoms with Gasteiger partial charge in [-0.1, -0.05) is 35.9 Å². The van der Waals surface area contributed by atoms with Gasteiger partial charge in [0.15, 0.2) is 0 Å². The van der Waals surface area contributed by atoms with E-state index in [-0.39, 0.29) is 6.54 Å². The fourth-order valence-electron chi connectivity index (χ4n) is 1.72. The number of halogens is 1. The quantitative estimate of drug-likeness (QED) is 0.749. The average Bonchev–Trinajstić information content (AvgIpc) is 2.53. The summed E-state index contributed by atoms with van der Waals surface area (Å²) in [7, 11) is 0. The maximum atomic E-state index is 11.7. The van der Waals surface area contributed by atoms with Crippen molar-refractivity contribution >= 4 is 40.7 Å². The van der Waals surface area contributed by atoms with E-state index in [2.05, 4.69) is 16.0 Å². The third kappa shape index (κ3) is 5.44. The standard InChI is InChI=1S/C16H14ClN3O3/c17-11-5-4-8-13(9-11)20-16(23)15(22)18-10-14(21)19-12-6-2-1-3-7-12/h1-9H,10H2,(H,18,22)(H,19,21)(H,20,23). The molecule has 23 heavy (non-hydrogen) atoms. The van der Waals surface area contributed by atoms with Crippen molar-refractivity contribution in [3.05, 3.63) is 59.6 Å². The molecule has 0 aliphatic rings. The van der Waals surface area contributed by atoms with Crippen LogP contribution in [-0.4, -0.2) is 24.3 Å². The molecule has 2 aromatic carbocycles. The lowest BCUT2D eigenvalue weighted by Gasteiger charge is -2.07. The van der Waals surface area contributed by atoms with Crippen LogP contribution < -0.4 is 16.0 Å². The molecule has 0 unspecified atom stereocenters. The van der Waals surface area contributed by atoms with Crippen LogP contribution in [-0.2, 0) is 14.4 Å². The van der Waals surface area contributed by atoms with Crippen LogP contribution in [0, 0.1) is 0 Å². The van der Waals surface area contributed by atoms with Gasteiger partial charge >= 0.3 is 11.8 Å². The Morgan fingerprint density at radius 1 is 0.826 bits per heavy atom. The van der Waals surface area contributed by atoms with E-state index >= 15 is 0 Å². The van der Waals surface area contributed by atoms with Gasteiger partial charge in [0.25, 0.3) is 0 Å². The molecule has 2 rings (SSSR count). The zero-order valence-corrected chi connectivity index (χ0v) is 12.8. The van der Waals surface area contributed by atoms with E-state index in [4.69, 9.17) is 11.6 Å². The van der Waals surface area contributed by atoms with E-state index in [0.29, 0.717) is 16.4 Å². The van der Waals surface area contributed by atoms with Crippen molar-refractivity contribution in [2.75, 3.05) is 17.2 Å². The number of carbonyl (C=O) groups is 3. The fourth-order valence-corrected chi connectivity index (χ4v) is 1.91.